The lowest BCUT2D eigenvalue weighted by atomic mass is 10.2. The molecule has 0 saturated carbocycles. The average molecular weight is 292 g/mol. The van der Waals surface area contributed by atoms with Crippen LogP contribution in [0.2, 0.25) is 0 Å². The number of amides is 2. The van der Waals surface area contributed by atoms with Crippen LogP contribution in [0.5, 0.6) is 0 Å². The van der Waals surface area contributed by atoms with Gasteiger partial charge in [-0.2, -0.15) is 0 Å². The Morgan fingerprint density at radius 1 is 1.38 bits per heavy atom. The molecule has 0 radical (unpaired) electrons. The van der Waals surface area contributed by atoms with Crippen molar-refractivity contribution in [2.24, 2.45) is 0 Å². The van der Waals surface area contributed by atoms with E-state index in [0.29, 0.717) is 19.9 Å². The van der Waals surface area contributed by atoms with Crippen LogP contribution < -0.4 is 5.32 Å². The summed E-state index contributed by atoms with van der Waals surface area (Å²) >= 11 is 0. The molecule has 1 aromatic rings. The summed E-state index contributed by atoms with van der Waals surface area (Å²) in [6.07, 6.45) is -0.277. The van der Waals surface area contributed by atoms with E-state index in [0.717, 1.165) is 5.56 Å². The van der Waals surface area contributed by atoms with Crippen LogP contribution in [0.25, 0.3) is 0 Å². The summed E-state index contributed by atoms with van der Waals surface area (Å²) in [4.78, 5) is 25.1. The summed E-state index contributed by atoms with van der Waals surface area (Å²) in [5, 5.41) is 2.66. The Kier molecular flexibility index (Phi) is 5.57. The highest BCUT2D eigenvalue weighted by molar-refractivity contribution is 5.77. The predicted octanol–water partition coefficient (Wildman–Crippen LogP) is 1.51. The van der Waals surface area contributed by atoms with Crippen LogP contribution in [0.1, 0.15) is 18.9 Å². The first kappa shape index (κ1) is 15.3. The molecule has 0 aromatic heterocycles. The fourth-order valence-corrected chi connectivity index (χ4v) is 2.02. The maximum Gasteiger partial charge on any atom is 0.407 e. The zero-order valence-electron chi connectivity index (χ0n) is 12.1. The normalized spacial score (nSPS) is 15.6. The Labute approximate surface area is 124 Å². The second-order valence-corrected chi connectivity index (χ2v) is 5.01. The lowest BCUT2D eigenvalue weighted by molar-refractivity contribution is -0.132. The van der Waals surface area contributed by atoms with Crippen LogP contribution in [0.15, 0.2) is 30.3 Å². The van der Waals surface area contributed by atoms with Crippen LogP contribution in [0, 0.1) is 0 Å². The zero-order chi connectivity index (χ0) is 15.1. The first-order valence-electron chi connectivity index (χ1n) is 6.98. The molecule has 114 valence electrons. The molecule has 1 aromatic carbocycles. The third-order valence-corrected chi connectivity index (χ3v) is 3.16. The van der Waals surface area contributed by atoms with Gasteiger partial charge in [0.15, 0.2) is 0 Å². The molecular formula is C15H20N2O4. The third kappa shape index (κ3) is 5.07. The van der Waals surface area contributed by atoms with E-state index in [2.05, 4.69) is 5.32 Å². The van der Waals surface area contributed by atoms with E-state index in [4.69, 9.17) is 9.47 Å². The molecule has 1 atom stereocenters. The van der Waals surface area contributed by atoms with Gasteiger partial charge in [0.2, 0.25) is 5.91 Å². The number of nitrogens with one attached hydrogen (secondary N) is 1. The molecule has 1 N–H and O–H groups in total. The van der Waals surface area contributed by atoms with Gasteiger partial charge in [-0.25, -0.2) is 4.79 Å². The minimum atomic E-state index is -0.517. The second kappa shape index (κ2) is 7.64. The van der Waals surface area contributed by atoms with Gasteiger partial charge >= 0.3 is 6.09 Å². The highest BCUT2D eigenvalue weighted by atomic mass is 16.5. The largest absolute Gasteiger partial charge is 0.445 e. The minimum absolute atomic E-state index is 0.0247. The molecule has 2 amide bonds. The van der Waals surface area contributed by atoms with Crippen molar-refractivity contribution in [1.29, 1.82) is 0 Å². The summed E-state index contributed by atoms with van der Waals surface area (Å²) in [5.74, 6) is -0.0247. The quantitative estimate of drug-likeness (QED) is 0.893. The van der Waals surface area contributed by atoms with Crippen molar-refractivity contribution in [2.45, 2.75) is 26.0 Å². The Morgan fingerprint density at radius 3 is 2.81 bits per heavy atom. The van der Waals surface area contributed by atoms with Gasteiger partial charge in [0.1, 0.15) is 13.3 Å². The van der Waals surface area contributed by atoms with Crippen molar-refractivity contribution in [3.05, 3.63) is 35.9 Å². The van der Waals surface area contributed by atoms with E-state index < -0.39 is 6.09 Å². The molecule has 1 aliphatic heterocycles. The fourth-order valence-electron chi connectivity index (χ4n) is 2.02. The van der Waals surface area contributed by atoms with Gasteiger partial charge in [0.25, 0.3) is 0 Å². The molecule has 0 aliphatic carbocycles. The fraction of sp³-hybridized carbons (Fsp3) is 0.467. The standard InChI is InChI=1S/C15H20N2O4/c1-12(9-14(18)17-7-8-20-11-17)16-15(19)21-10-13-5-3-2-4-6-13/h2-6,12H,7-11H2,1H3,(H,16,19). The van der Waals surface area contributed by atoms with Crippen molar-refractivity contribution in [3.63, 3.8) is 0 Å². The maximum atomic E-state index is 11.9. The monoisotopic (exact) mass is 292 g/mol. The topological polar surface area (TPSA) is 67.9 Å². The van der Waals surface area contributed by atoms with Gasteiger partial charge in [-0.3, -0.25) is 4.79 Å². The van der Waals surface area contributed by atoms with Crippen molar-refractivity contribution >= 4 is 12.0 Å². The number of nitrogens with zero attached hydrogens (tertiary/aromatic N) is 1. The number of benzene rings is 1. The minimum Gasteiger partial charge on any atom is -0.445 e. The van der Waals surface area contributed by atoms with Gasteiger partial charge < -0.3 is 19.7 Å². The number of alkyl carbamates (subject to hydrolysis) is 1. The van der Waals surface area contributed by atoms with E-state index in [-0.39, 0.29) is 25.0 Å². The van der Waals surface area contributed by atoms with Gasteiger partial charge in [-0.1, -0.05) is 30.3 Å². The molecule has 2 rings (SSSR count). The Hall–Kier alpha value is -2.08. The van der Waals surface area contributed by atoms with Crippen LogP contribution in [0.3, 0.4) is 0 Å². The van der Waals surface area contributed by atoms with Crippen LogP contribution in [-0.2, 0) is 20.9 Å². The smallest absolute Gasteiger partial charge is 0.407 e. The molecule has 1 heterocycles. The van der Waals surface area contributed by atoms with Gasteiger partial charge in [0, 0.05) is 19.0 Å². The molecule has 1 aliphatic rings. The average Bonchev–Trinajstić information content (AvgIpc) is 3.00. The maximum absolute atomic E-state index is 11.9. The van der Waals surface area contributed by atoms with Crippen LogP contribution in [0.4, 0.5) is 4.79 Å². The lowest BCUT2D eigenvalue weighted by Crippen LogP contribution is -2.38. The van der Waals surface area contributed by atoms with Gasteiger partial charge in [-0.15, -0.1) is 0 Å². The first-order valence-corrected chi connectivity index (χ1v) is 6.98. The van der Waals surface area contributed by atoms with Gasteiger partial charge in [0.05, 0.1) is 6.61 Å². The van der Waals surface area contributed by atoms with Gasteiger partial charge in [-0.05, 0) is 12.5 Å². The summed E-state index contributed by atoms with van der Waals surface area (Å²) in [5.41, 5.74) is 0.922. The van der Waals surface area contributed by atoms with E-state index in [1.54, 1.807) is 11.8 Å². The molecule has 0 spiro atoms. The number of hydrogen-bond donors (Lipinski definition) is 1. The SMILES string of the molecule is CC(CC(=O)N1CCOC1)NC(=O)OCc1ccccc1. The molecule has 21 heavy (non-hydrogen) atoms. The summed E-state index contributed by atoms with van der Waals surface area (Å²) in [6, 6.07) is 9.16. The van der Waals surface area contributed by atoms with Crippen molar-refractivity contribution in [3.8, 4) is 0 Å². The number of hydrogen-bond acceptors (Lipinski definition) is 4. The zero-order valence-corrected chi connectivity index (χ0v) is 12.1. The summed E-state index contributed by atoms with van der Waals surface area (Å²) in [7, 11) is 0. The Morgan fingerprint density at radius 2 is 2.14 bits per heavy atom. The summed E-state index contributed by atoms with van der Waals surface area (Å²) < 4.78 is 10.2. The van der Waals surface area contributed by atoms with E-state index in [9.17, 15) is 9.59 Å². The lowest BCUT2D eigenvalue weighted by Gasteiger charge is -2.18. The molecule has 6 heteroatoms. The first-order chi connectivity index (χ1) is 10.1. The van der Waals surface area contributed by atoms with Crippen molar-refractivity contribution in [2.75, 3.05) is 19.9 Å². The van der Waals surface area contributed by atoms with Crippen molar-refractivity contribution in [1.82, 2.24) is 10.2 Å². The molecular weight excluding hydrogens is 272 g/mol. The Bertz CT molecular complexity index is 472. The Balaban J connectivity index is 1.68. The van der Waals surface area contributed by atoms with E-state index in [1.165, 1.54) is 0 Å². The van der Waals surface area contributed by atoms with E-state index in [1.807, 2.05) is 30.3 Å². The predicted molar refractivity (Wildman–Crippen MR) is 76.4 cm³/mol. The highest BCUT2D eigenvalue weighted by Crippen LogP contribution is 2.05. The van der Waals surface area contributed by atoms with E-state index >= 15 is 0 Å². The number of carbonyl (C=O) groups excluding carboxylic acids is 2. The second-order valence-electron chi connectivity index (χ2n) is 5.01. The summed E-state index contributed by atoms with van der Waals surface area (Å²) in [6.45, 7) is 3.52. The van der Waals surface area contributed by atoms with Crippen LogP contribution in [-0.4, -0.2) is 42.8 Å². The molecule has 1 fully saturated rings. The molecule has 0 bridgehead atoms. The number of carbonyl (C=O) groups is 2. The highest BCUT2D eigenvalue weighted by Gasteiger charge is 2.21. The third-order valence-electron chi connectivity index (χ3n) is 3.16. The van der Waals surface area contributed by atoms with Crippen LogP contribution >= 0.6 is 0 Å². The molecule has 1 unspecified atom stereocenters. The van der Waals surface area contributed by atoms with Crippen molar-refractivity contribution < 1.29 is 19.1 Å². The number of rotatable bonds is 5. The molecule has 1 saturated heterocycles. The molecule has 6 nitrogen and oxygen atoms in total. The number of ether oxygens (including phenoxy) is 2.